The van der Waals surface area contributed by atoms with Crippen LogP contribution in [0.3, 0.4) is 0 Å². The van der Waals surface area contributed by atoms with Gasteiger partial charge in [-0.15, -0.1) is 0 Å². The maximum absolute atomic E-state index is 12.3. The number of aromatic nitrogens is 1. The van der Waals surface area contributed by atoms with E-state index in [1.165, 1.54) is 0 Å². The average molecular weight is 397 g/mol. The molecule has 29 heavy (non-hydrogen) atoms. The van der Waals surface area contributed by atoms with Crippen LogP contribution >= 0.6 is 0 Å². The number of urea groups is 1. The second-order valence-corrected chi connectivity index (χ2v) is 7.28. The number of nitrogens with one attached hydrogen (secondary N) is 2. The summed E-state index contributed by atoms with van der Waals surface area (Å²) < 4.78 is 5.76. The van der Waals surface area contributed by atoms with Crippen LogP contribution in [0.4, 0.5) is 10.6 Å². The zero-order chi connectivity index (χ0) is 20.8. The fraction of sp³-hybridized carbons (Fsp3) is 0.381. The monoisotopic (exact) mass is 397 g/mol. The Bertz CT molecular complexity index is 828. The normalized spacial score (nSPS) is 18.9. The largest absolute Gasteiger partial charge is 0.372 e. The molecule has 0 saturated carbocycles. The van der Waals surface area contributed by atoms with Crippen molar-refractivity contribution < 1.29 is 14.3 Å². The second kappa shape index (κ2) is 9.38. The van der Waals surface area contributed by atoms with Gasteiger partial charge in [0.25, 0.3) is 5.91 Å². The SMILES string of the molecule is CC1CN(c2ccc(CNC(=O)c3ccc(CNC(N)=O)cc3)cn2)CC(C)O1. The lowest BCUT2D eigenvalue weighted by molar-refractivity contribution is -0.00546. The van der Waals surface area contributed by atoms with Gasteiger partial charge in [-0.25, -0.2) is 9.78 Å². The lowest BCUT2D eigenvalue weighted by Crippen LogP contribution is -2.45. The Balaban J connectivity index is 1.51. The van der Waals surface area contributed by atoms with E-state index in [1.807, 2.05) is 12.1 Å². The van der Waals surface area contributed by atoms with Crippen molar-refractivity contribution in [3.05, 3.63) is 59.3 Å². The van der Waals surface area contributed by atoms with Crippen molar-refractivity contribution in [3.63, 3.8) is 0 Å². The third kappa shape index (κ3) is 5.92. The molecule has 2 unspecified atom stereocenters. The van der Waals surface area contributed by atoms with E-state index in [9.17, 15) is 9.59 Å². The number of anilines is 1. The van der Waals surface area contributed by atoms with E-state index in [1.54, 1.807) is 30.5 Å². The molecule has 8 nitrogen and oxygen atoms in total. The number of rotatable bonds is 6. The first-order chi connectivity index (χ1) is 13.9. The summed E-state index contributed by atoms with van der Waals surface area (Å²) in [5.74, 6) is 0.751. The topological polar surface area (TPSA) is 110 Å². The molecule has 1 aliphatic heterocycles. The molecule has 1 fully saturated rings. The van der Waals surface area contributed by atoms with E-state index in [0.29, 0.717) is 18.7 Å². The van der Waals surface area contributed by atoms with Crippen molar-refractivity contribution >= 4 is 17.8 Å². The first kappa shape index (κ1) is 20.6. The van der Waals surface area contributed by atoms with Gasteiger partial charge in [0.2, 0.25) is 0 Å². The van der Waals surface area contributed by atoms with Crippen molar-refractivity contribution in [2.45, 2.75) is 39.1 Å². The molecule has 1 aromatic carbocycles. The van der Waals surface area contributed by atoms with Crippen LogP contribution in [0, 0.1) is 0 Å². The number of hydrogen-bond acceptors (Lipinski definition) is 5. The van der Waals surface area contributed by atoms with Crippen LogP contribution in [-0.4, -0.2) is 42.2 Å². The summed E-state index contributed by atoms with van der Waals surface area (Å²) in [6, 6.07) is 10.4. The number of ether oxygens (including phenoxy) is 1. The van der Waals surface area contributed by atoms with Crippen molar-refractivity contribution in [1.82, 2.24) is 15.6 Å². The van der Waals surface area contributed by atoms with Gasteiger partial charge in [-0.1, -0.05) is 18.2 Å². The first-order valence-electron chi connectivity index (χ1n) is 9.66. The van der Waals surface area contributed by atoms with Gasteiger partial charge in [0.05, 0.1) is 12.2 Å². The van der Waals surface area contributed by atoms with Crippen molar-refractivity contribution in [2.75, 3.05) is 18.0 Å². The predicted octanol–water partition coefficient (Wildman–Crippen LogP) is 1.79. The minimum Gasteiger partial charge on any atom is -0.372 e. The van der Waals surface area contributed by atoms with Crippen LogP contribution in [0.2, 0.25) is 0 Å². The van der Waals surface area contributed by atoms with E-state index in [-0.39, 0.29) is 18.1 Å². The molecular weight excluding hydrogens is 370 g/mol. The predicted molar refractivity (Wildman–Crippen MR) is 110 cm³/mol. The van der Waals surface area contributed by atoms with Crippen LogP contribution in [0.25, 0.3) is 0 Å². The molecule has 2 atom stereocenters. The minimum absolute atomic E-state index is 0.167. The molecule has 0 radical (unpaired) electrons. The van der Waals surface area contributed by atoms with Gasteiger partial charge in [-0.05, 0) is 43.2 Å². The third-order valence-corrected chi connectivity index (χ3v) is 4.69. The number of carbonyl (C=O) groups is 2. The van der Waals surface area contributed by atoms with Gasteiger partial charge in [-0.2, -0.15) is 0 Å². The number of morpholine rings is 1. The highest BCUT2D eigenvalue weighted by molar-refractivity contribution is 5.94. The van der Waals surface area contributed by atoms with E-state index < -0.39 is 6.03 Å². The number of benzene rings is 1. The van der Waals surface area contributed by atoms with Gasteiger partial charge < -0.3 is 26.0 Å². The lowest BCUT2D eigenvalue weighted by atomic mass is 10.1. The van der Waals surface area contributed by atoms with Crippen molar-refractivity contribution in [2.24, 2.45) is 5.73 Å². The molecule has 2 aromatic rings. The lowest BCUT2D eigenvalue weighted by Gasteiger charge is -2.36. The van der Waals surface area contributed by atoms with Crippen LogP contribution in [0.15, 0.2) is 42.6 Å². The Morgan fingerprint density at radius 1 is 1.03 bits per heavy atom. The van der Waals surface area contributed by atoms with Crippen LogP contribution in [-0.2, 0) is 17.8 Å². The maximum atomic E-state index is 12.3. The molecule has 3 amide bonds. The summed E-state index contributed by atoms with van der Waals surface area (Å²) in [5.41, 5.74) is 7.40. The molecule has 4 N–H and O–H groups in total. The minimum atomic E-state index is -0.580. The molecule has 8 heteroatoms. The highest BCUT2D eigenvalue weighted by Crippen LogP contribution is 2.18. The Kier molecular flexibility index (Phi) is 6.66. The van der Waals surface area contributed by atoms with E-state index in [0.717, 1.165) is 30.0 Å². The molecular formula is C21H27N5O3. The number of hydrogen-bond donors (Lipinski definition) is 3. The van der Waals surface area contributed by atoms with Gasteiger partial charge in [0.15, 0.2) is 0 Å². The number of pyridine rings is 1. The van der Waals surface area contributed by atoms with Gasteiger partial charge in [0, 0.05) is 37.9 Å². The van der Waals surface area contributed by atoms with E-state index in [4.69, 9.17) is 10.5 Å². The molecule has 3 rings (SSSR count). The Hall–Kier alpha value is -3.13. The third-order valence-electron chi connectivity index (χ3n) is 4.69. The smallest absolute Gasteiger partial charge is 0.312 e. The molecule has 0 spiro atoms. The summed E-state index contributed by atoms with van der Waals surface area (Å²) >= 11 is 0. The summed E-state index contributed by atoms with van der Waals surface area (Å²) in [6.07, 6.45) is 2.15. The average Bonchev–Trinajstić information content (AvgIpc) is 2.70. The highest BCUT2D eigenvalue weighted by atomic mass is 16.5. The summed E-state index contributed by atoms with van der Waals surface area (Å²) in [5, 5.41) is 5.41. The van der Waals surface area contributed by atoms with Crippen LogP contribution in [0.5, 0.6) is 0 Å². The summed E-state index contributed by atoms with van der Waals surface area (Å²) in [6.45, 7) is 6.49. The fourth-order valence-corrected chi connectivity index (χ4v) is 3.32. The molecule has 0 bridgehead atoms. The second-order valence-electron chi connectivity index (χ2n) is 7.28. The van der Waals surface area contributed by atoms with Gasteiger partial charge in [0.1, 0.15) is 5.82 Å². The quantitative estimate of drug-likeness (QED) is 0.688. The molecule has 1 aromatic heterocycles. The maximum Gasteiger partial charge on any atom is 0.312 e. The Labute approximate surface area is 170 Å². The zero-order valence-corrected chi connectivity index (χ0v) is 16.7. The molecule has 154 valence electrons. The van der Waals surface area contributed by atoms with E-state index >= 15 is 0 Å². The number of carbonyl (C=O) groups excluding carboxylic acids is 2. The molecule has 1 aliphatic rings. The molecule has 0 aliphatic carbocycles. The zero-order valence-electron chi connectivity index (χ0n) is 16.7. The van der Waals surface area contributed by atoms with E-state index in [2.05, 4.69) is 34.4 Å². The summed E-state index contributed by atoms with van der Waals surface area (Å²) in [7, 11) is 0. The fourth-order valence-electron chi connectivity index (χ4n) is 3.32. The van der Waals surface area contributed by atoms with Crippen LogP contribution in [0.1, 0.15) is 35.3 Å². The Morgan fingerprint density at radius 3 is 2.24 bits per heavy atom. The van der Waals surface area contributed by atoms with Gasteiger partial charge in [-0.3, -0.25) is 4.79 Å². The number of nitrogens with two attached hydrogens (primary N) is 1. The standard InChI is InChI=1S/C21H27N5O3/c1-14-12-26(13-15(2)29-14)19-8-5-17(10-23-19)11-24-20(27)18-6-3-16(4-7-18)9-25-21(22)28/h3-8,10,14-15H,9,11-13H2,1-2H3,(H,24,27)(H3,22,25,28). The molecule has 1 saturated heterocycles. The first-order valence-corrected chi connectivity index (χ1v) is 9.66. The Morgan fingerprint density at radius 2 is 1.66 bits per heavy atom. The van der Waals surface area contributed by atoms with Gasteiger partial charge >= 0.3 is 6.03 Å². The van der Waals surface area contributed by atoms with Crippen molar-refractivity contribution in [3.8, 4) is 0 Å². The van der Waals surface area contributed by atoms with Crippen molar-refractivity contribution in [1.29, 1.82) is 0 Å². The summed E-state index contributed by atoms with van der Waals surface area (Å²) in [4.78, 5) is 29.8. The number of nitrogens with zero attached hydrogens (tertiary/aromatic N) is 2. The molecule has 2 heterocycles. The highest BCUT2D eigenvalue weighted by Gasteiger charge is 2.22. The number of primary amides is 1. The number of amides is 3. The van der Waals surface area contributed by atoms with Crippen LogP contribution < -0.4 is 21.3 Å².